The van der Waals surface area contributed by atoms with Crippen LogP contribution in [0, 0.1) is 0 Å². The summed E-state index contributed by atoms with van der Waals surface area (Å²) in [4.78, 5) is 2.61. The standard InChI is InChI=1S/C19H30N2/c1-3-19(2,21-13-4-5-14-21)18(20)17-11-9-16(10-12-17)15-7-6-8-15/h9-12,15,18H,3-8,13-14,20H2,1-2H3. The minimum absolute atomic E-state index is 0.0918. The van der Waals surface area contributed by atoms with Crippen LogP contribution in [0.3, 0.4) is 0 Å². The first-order chi connectivity index (χ1) is 10.1. The third-order valence-corrected chi connectivity index (χ3v) is 6.09. The number of likely N-dealkylation sites (tertiary alicyclic amines) is 1. The average Bonchev–Trinajstić information content (AvgIpc) is 2.99. The van der Waals surface area contributed by atoms with Crippen LogP contribution in [0.2, 0.25) is 0 Å². The molecule has 2 aliphatic rings. The van der Waals surface area contributed by atoms with Crippen molar-refractivity contribution < 1.29 is 0 Å². The van der Waals surface area contributed by atoms with E-state index in [0.29, 0.717) is 0 Å². The predicted molar refractivity (Wildman–Crippen MR) is 89.5 cm³/mol. The van der Waals surface area contributed by atoms with Crippen molar-refractivity contribution in [2.75, 3.05) is 13.1 Å². The maximum Gasteiger partial charge on any atom is 0.0479 e. The molecule has 2 fully saturated rings. The summed E-state index contributed by atoms with van der Waals surface area (Å²) < 4.78 is 0. The van der Waals surface area contributed by atoms with Crippen molar-refractivity contribution in [3.05, 3.63) is 35.4 Å². The Balaban J connectivity index is 1.77. The quantitative estimate of drug-likeness (QED) is 0.878. The second-order valence-corrected chi connectivity index (χ2v) is 7.18. The lowest BCUT2D eigenvalue weighted by atomic mass is 9.78. The van der Waals surface area contributed by atoms with Crippen molar-refractivity contribution in [3.63, 3.8) is 0 Å². The van der Waals surface area contributed by atoms with Crippen molar-refractivity contribution in [1.82, 2.24) is 4.90 Å². The number of nitrogens with two attached hydrogens (primary N) is 1. The minimum atomic E-state index is 0.0918. The molecule has 1 heterocycles. The molecule has 0 amide bonds. The highest BCUT2D eigenvalue weighted by Gasteiger charge is 2.38. The van der Waals surface area contributed by atoms with Crippen molar-refractivity contribution in [3.8, 4) is 0 Å². The smallest absolute Gasteiger partial charge is 0.0479 e. The fourth-order valence-electron chi connectivity index (χ4n) is 3.94. The van der Waals surface area contributed by atoms with E-state index in [4.69, 9.17) is 5.73 Å². The van der Waals surface area contributed by atoms with E-state index >= 15 is 0 Å². The number of rotatable bonds is 5. The van der Waals surface area contributed by atoms with Gasteiger partial charge in [0.15, 0.2) is 0 Å². The molecule has 21 heavy (non-hydrogen) atoms. The molecule has 2 nitrogen and oxygen atoms in total. The molecule has 1 aliphatic carbocycles. The molecule has 116 valence electrons. The molecule has 0 aromatic heterocycles. The van der Waals surface area contributed by atoms with Crippen LogP contribution in [0.5, 0.6) is 0 Å². The minimum Gasteiger partial charge on any atom is -0.322 e. The van der Waals surface area contributed by atoms with Crippen LogP contribution < -0.4 is 5.73 Å². The molecule has 1 saturated heterocycles. The van der Waals surface area contributed by atoms with Gasteiger partial charge in [-0.15, -0.1) is 0 Å². The molecule has 0 radical (unpaired) electrons. The molecular weight excluding hydrogens is 256 g/mol. The Morgan fingerprint density at radius 3 is 2.24 bits per heavy atom. The zero-order chi connectivity index (χ0) is 14.9. The molecule has 0 spiro atoms. The molecule has 2 unspecified atom stereocenters. The third-order valence-electron chi connectivity index (χ3n) is 6.09. The molecule has 1 aromatic rings. The zero-order valence-electron chi connectivity index (χ0n) is 13.6. The number of hydrogen-bond acceptors (Lipinski definition) is 2. The molecule has 1 aliphatic heterocycles. The summed E-state index contributed by atoms with van der Waals surface area (Å²) in [6, 6.07) is 9.30. The van der Waals surface area contributed by atoms with Crippen LogP contribution in [0.15, 0.2) is 24.3 Å². The van der Waals surface area contributed by atoms with Gasteiger partial charge >= 0.3 is 0 Å². The summed E-state index contributed by atoms with van der Waals surface area (Å²) in [5.74, 6) is 0.811. The van der Waals surface area contributed by atoms with E-state index in [1.165, 1.54) is 56.3 Å². The summed E-state index contributed by atoms with van der Waals surface area (Å²) in [7, 11) is 0. The van der Waals surface area contributed by atoms with Gasteiger partial charge in [-0.25, -0.2) is 0 Å². The van der Waals surface area contributed by atoms with E-state index < -0.39 is 0 Å². The van der Waals surface area contributed by atoms with Gasteiger partial charge in [0.2, 0.25) is 0 Å². The van der Waals surface area contributed by atoms with Crippen LogP contribution in [0.1, 0.15) is 75.5 Å². The topological polar surface area (TPSA) is 29.3 Å². The molecule has 0 bridgehead atoms. The summed E-state index contributed by atoms with van der Waals surface area (Å²) in [6.07, 6.45) is 7.89. The maximum atomic E-state index is 6.69. The Kier molecular flexibility index (Phi) is 4.37. The van der Waals surface area contributed by atoms with Crippen molar-refractivity contribution >= 4 is 0 Å². The van der Waals surface area contributed by atoms with Gasteiger partial charge in [-0.2, -0.15) is 0 Å². The van der Waals surface area contributed by atoms with Gasteiger partial charge in [-0.3, -0.25) is 4.90 Å². The largest absolute Gasteiger partial charge is 0.322 e. The SMILES string of the molecule is CCC(C)(C(N)c1ccc(C2CCC2)cc1)N1CCCC1. The van der Waals surface area contributed by atoms with E-state index in [9.17, 15) is 0 Å². The molecular formula is C19H30N2. The summed E-state index contributed by atoms with van der Waals surface area (Å²) in [5, 5.41) is 0. The van der Waals surface area contributed by atoms with Gasteiger partial charge in [0, 0.05) is 11.6 Å². The van der Waals surface area contributed by atoms with Crippen molar-refractivity contribution in [2.24, 2.45) is 5.73 Å². The first-order valence-corrected chi connectivity index (χ1v) is 8.75. The maximum absolute atomic E-state index is 6.69. The van der Waals surface area contributed by atoms with E-state index in [0.717, 1.165) is 12.3 Å². The monoisotopic (exact) mass is 286 g/mol. The van der Waals surface area contributed by atoms with Gasteiger partial charge in [0.05, 0.1) is 0 Å². The molecule has 2 N–H and O–H groups in total. The van der Waals surface area contributed by atoms with Crippen LogP contribution in [0.4, 0.5) is 0 Å². The van der Waals surface area contributed by atoms with Crippen molar-refractivity contribution in [2.45, 2.75) is 69.9 Å². The summed E-state index contributed by atoms with van der Waals surface area (Å²) in [6.45, 7) is 7.04. The fourth-order valence-corrected chi connectivity index (χ4v) is 3.94. The molecule has 3 rings (SSSR count). The Bertz CT molecular complexity index is 457. The Morgan fingerprint density at radius 2 is 1.76 bits per heavy atom. The molecule has 2 atom stereocenters. The van der Waals surface area contributed by atoms with E-state index in [2.05, 4.69) is 43.0 Å². The van der Waals surface area contributed by atoms with Gasteiger partial charge in [-0.05, 0) is 69.2 Å². The predicted octanol–water partition coefficient (Wildman–Crippen LogP) is 4.22. The zero-order valence-corrected chi connectivity index (χ0v) is 13.6. The lowest BCUT2D eigenvalue weighted by Gasteiger charge is -2.43. The van der Waals surface area contributed by atoms with E-state index in [1.807, 2.05) is 0 Å². The lowest BCUT2D eigenvalue weighted by Crippen LogP contribution is -2.51. The third kappa shape index (κ3) is 2.76. The Morgan fingerprint density at radius 1 is 1.14 bits per heavy atom. The molecule has 2 heteroatoms. The first-order valence-electron chi connectivity index (χ1n) is 8.75. The number of benzene rings is 1. The Labute approximate surface area is 129 Å². The van der Waals surface area contributed by atoms with Crippen LogP contribution in [-0.4, -0.2) is 23.5 Å². The van der Waals surface area contributed by atoms with E-state index in [-0.39, 0.29) is 11.6 Å². The second kappa shape index (κ2) is 6.10. The Hall–Kier alpha value is -0.860. The molecule has 1 saturated carbocycles. The van der Waals surface area contributed by atoms with Crippen LogP contribution >= 0.6 is 0 Å². The highest BCUT2D eigenvalue weighted by atomic mass is 15.2. The lowest BCUT2D eigenvalue weighted by molar-refractivity contribution is 0.1000. The van der Waals surface area contributed by atoms with Crippen molar-refractivity contribution in [1.29, 1.82) is 0 Å². The normalized spacial score (nSPS) is 24.5. The summed E-state index contributed by atoms with van der Waals surface area (Å²) >= 11 is 0. The highest BCUT2D eigenvalue weighted by Crippen LogP contribution is 2.38. The number of hydrogen-bond donors (Lipinski definition) is 1. The van der Waals surface area contributed by atoms with E-state index in [1.54, 1.807) is 0 Å². The highest BCUT2D eigenvalue weighted by molar-refractivity contribution is 5.30. The number of nitrogens with zero attached hydrogens (tertiary/aromatic N) is 1. The second-order valence-electron chi connectivity index (χ2n) is 7.18. The van der Waals surface area contributed by atoms with Crippen LogP contribution in [0.25, 0.3) is 0 Å². The average molecular weight is 286 g/mol. The fraction of sp³-hybridized carbons (Fsp3) is 0.684. The van der Waals surface area contributed by atoms with Gasteiger partial charge in [0.1, 0.15) is 0 Å². The van der Waals surface area contributed by atoms with Gasteiger partial charge < -0.3 is 5.73 Å². The van der Waals surface area contributed by atoms with Gasteiger partial charge in [-0.1, -0.05) is 37.6 Å². The van der Waals surface area contributed by atoms with Gasteiger partial charge in [0.25, 0.3) is 0 Å². The molecule has 1 aromatic carbocycles. The summed E-state index contributed by atoms with van der Waals surface area (Å²) in [5.41, 5.74) is 9.60. The first kappa shape index (κ1) is 15.1. The van der Waals surface area contributed by atoms with Crippen LogP contribution in [-0.2, 0) is 0 Å².